The highest BCUT2D eigenvalue weighted by molar-refractivity contribution is 5.83. The molecule has 2 aromatic heterocycles. The molecule has 32 heavy (non-hydrogen) atoms. The van der Waals surface area contributed by atoms with E-state index >= 15 is 0 Å². The number of hydrogen-bond acceptors (Lipinski definition) is 4. The lowest BCUT2D eigenvalue weighted by Gasteiger charge is -2.07. The van der Waals surface area contributed by atoms with Crippen LogP contribution in [-0.2, 0) is 30.5 Å². The molecule has 0 unspecified atom stereocenters. The van der Waals surface area contributed by atoms with Crippen LogP contribution in [0.3, 0.4) is 0 Å². The van der Waals surface area contributed by atoms with E-state index in [1.54, 1.807) is 35.0 Å². The lowest BCUT2D eigenvalue weighted by Crippen LogP contribution is -2.07. The quantitative estimate of drug-likeness (QED) is 0.405. The summed E-state index contributed by atoms with van der Waals surface area (Å²) in [6.45, 7) is 1.86. The summed E-state index contributed by atoms with van der Waals surface area (Å²) in [5.74, 6) is 0.366. The minimum Gasteiger partial charge on any atom is -0.486 e. The van der Waals surface area contributed by atoms with E-state index in [1.165, 1.54) is 12.1 Å². The van der Waals surface area contributed by atoms with Crippen LogP contribution in [0.1, 0.15) is 23.9 Å². The van der Waals surface area contributed by atoms with Crippen molar-refractivity contribution in [1.82, 2.24) is 9.55 Å². The van der Waals surface area contributed by atoms with Crippen LogP contribution in [0.15, 0.2) is 59.1 Å². The fraction of sp³-hybridized carbons (Fsp3) is 0.217. The Balaban J connectivity index is 1.51. The normalized spacial score (nSPS) is 11.8. The van der Waals surface area contributed by atoms with Gasteiger partial charge in [-0.2, -0.15) is 13.2 Å². The molecule has 6 nitrogen and oxygen atoms in total. The van der Waals surface area contributed by atoms with Crippen LogP contribution in [0.25, 0.3) is 22.4 Å². The van der Waals surface area contributed by atoms with Crippen LogP contribution in [0.5, 0.6) is 5.75 Å². The van der Waals surface area contributed by atoms with Gasteiger partial charge in [-0.3, -0.25) is 4.79 Å². The third-order valence-electron chi connectivity index (χ3n) is 4.99. The molecular formula is C23H19F3N2O4. The summed E-state index contributed by atoms with van der Waals surface area (Å²) in [4.78, 5) is 15.3. The number of nitrogens with zero attached hydrogens (tertiary/aromatic N) is 2. The fourth-order valence-corrected chi connectivity index (χ4v) is 3.40. The van der Waals surface area contributed by atoms with Crippen molar-refractivity contribution in [1.29, 1.82) is 0 Å². The average Bonchev–Trinajstić information content (AvgIpc) is 3.35. The third-order valence-corrected chi connectivity index (χ3v) is 4.99. The Morgan fingerprint density at radius 1 is 1.16 bits per heavy atom. The Bertz CT molecular complexity index is 1260. The fourth-order valence-electron chi connectivity index (χ4n) is 3.40. The van der Waals surface area contributed by atoms with E-state index in [0.29, 0.717) is 29.2 Å². The highest BCUT2D eigenvalue weighted by Crippen LogP contribution is 2.31. The number of halogens is 3. The van der Waals surface area contributed by atoms with Crippen molar-refractivity contribution in [2.75, 3.05) is 0 Å². The number of aliphatic carboxylic acids is 1. The summed E-state index contributed by atoms with van der Waals surface area (Å²) in [5.41, 5.74) is 1.15. The minimum atomic E-state index is -4.40. The standard InChI is InChI=1S/C23H19F3N2O4/c1-2-18-20(32-22(27-18)14-3-5-16(6-4-14)23(24,25)26)13-31-17-7-8-19-15(11-17)9-10-28(19)12-21(29)30/h3-11H,2,12-13H2,1H3,(H,29,30). The van der Waals surface area contributed by atoms with Crippen molar-refractivity contribution < 1.29 is 32.2 Å². The number of benzene rings is 2. The Kier molecular flexibility index (Phi) is 5.65. The van der Waals surface area contributed by atoms with Crippen molar-refractivity contribution in [3.63, 3.8) is 0 Å². The van der Waals surface area contributed by atoms with Crippen molar-refractivity contribution in [3.05, 3.63) is 71.7 Å². The lowest BCUT2D eigenvalue weighted by molar-refractivity contribution is -0.138. The minimum absolute atomic E-state index is 0.0954. The monoisotopic (exact) mass is 444 g/mol. The Morgan fingerprint density at radius 2 is 1.91 bits per heavy atom. The lowest BCUT2D eigenvalue weighted by atomic mass is 10.1. The first-order valence-electron chi connectivity index (χ1n) is 9.84. The number of carboxylic acid groups (broad SMARTS) is 1. The molecule has 2 aromatic carbocycles. The number of carbonyl (C=O) groups is 1. The zero-order valence-corrected chi connectivity index (χ0v) is 17.0. The van der Waals surface area contributed by atoms with Crippen molar-refractivity contribution >= 4 is 16.9 Å². The van der Waals surface area contributed by atoms with Crippen LogP contribution in [0, 0.1) is 0 Å². The van der Waals surface area contributed by atoms with Crippen LogP contribution in [0.4, 0.5) is 13.2 Å². The van der Waals surface area contributed by atoms with Gasteiger partial charge in [0.05, 0.1) is 11.3 Å². The van der Waals surface area contributed by atoms with Crippen molar-refractivity contribution in [2.24, 2.45) is 0 Å². The van der Waals surface area contributed by atoms with Gasteiger partial charge in [-0.25, -0.2) is 4.98 Å². The van der Waals surface area contributed by atoms with Gasteiger partial charge in [-0.1, -0.05) is 6.92 Å². The number of aromatic nitrogens is 2. The van der Waals surface area contributed by atoms with Crippen LogP contribution < -0.4 is 4.74 Å². The van der Waals surface area contributed by atoms with Gasteiger partial charge in [0.25, 0.3) is 0 Å². The molecule has 0 saturated carbocycles. The van der Waals surface area contributed by atoms with Gasteiger partial charge in [0.15, 0.2) is 5.76 Å². The molecule has 9 heteroatoms. The van der Waals surface area contributed by atoms with Crippen LogP contribution in [0.2, 0.25) is 0 Å². The second kappa shape index (κ2) is 8.41. The van der Waals surface area contributed by atoms with Gasteiger partial charge in [0.1, 0.15) is 18.9 Å². The van der Waals surface area contributed by atoms with Crippen LogP contribution in [-0.4, -0.2) is 20.6 Å². The van der Waals surface area contributed by atoms with Gasteiger partial charge in [-0.05, 0) is 55.0 Å². The molecule has 4 rings (SSSR count). The molecule has 0 amide bonds. The van der Waals surface area contributed by atoms with Gasteiger partial charge >= 0.3 is 12.1 Å². The van der Waals surface area contributed by atoms with Gasteiger partial charge in [0.2, 0.25) is 5.89 Å². The van der Waals surface area contributed by atoms with E-state index in [-0.39, 0.29) is 19.0 Å². The second-order valence-corrected chi connectivity index (χ2v) is 7.16. The van der Waals surface area contributed by atoms with E-state index in [4.69, 9.17) is 14.3 Å². The second-order valence-electron chi connectivity index (χ2n) is 7.16. The summed E-state index contributed by atoms with van der Waals surface area (Å²) < 4.78 is 51.6. The number of aryl methyl sites for hydroxylation is 1. The molecule has 0 aliphatic carbocycles. The first-order chi connectivity index (χ1) is 15.2. The molecular weight excluding hydrogens is 425 g/mol. The van der Waals surface area contributed by atoms with Gasteiger partial charge < -0.3 is 18.8 Å². The molecule has 2 heterocycles. The largest absolute Gasteiger partial charge is 0.486 e. The predicted octanol–water partition coefficient (Wildman–Crippen LogP) is 5.54. The molecule has 0 fully saturated rings. The smallest absolute Gasteiger partial charge is 0.416 e. The zero-order chi connectivity index (χ0) is 22.9. The number of rotatable bonds is 7. The van der Waals surface area contributed by atoms with E-state index in [9.17, 15) is 18.0 Å². The maximum Gasteiger partial charge on any atom is 0.416 e. The number of fused-ring (bicyclic) bond motifs is 1. The Morgan fingerprint density at radius 3 is 2.56 bits per heavy atom. The zero-order valence-electron chi connectivity index (χ0n) is 17.0. The first kappa shape index (κ1) is 21.5. The number of oxazole rings is 1. The number of alkyl halides is 3. The van der Waals surface area contributed by atoms with E-state index in [2.05, 4.69) is 4.98 Å². The topological polar surface area (TPSA) is 77.5 Å². The third kappa shape index (κ3) is 4.46. The average molecular weight is 444 g/mol. The van der Waals surface area contributed by atoms with E-state index in [1.807, 2.05) is 6.92 Å². The highest BCUT2D eigenvalue weighted by atomic mass is 19.4. The molecule has 0 atom stereocenters. The summed E-state index contributed by atoms with van der Waals surface area (Å²) in [7, 11) is 0. The molecule has 0 bridgehead atoms. The highest BCUT2D eigenvalue weighted by Gasteiger charge is 2.30. The number of carboxylic acids is 1. The Hall–Kier alpha value is -3.75. The van der Waals surface area contributed by atoms with Crippen molar-refractivity contribution in [2.45, 2.75) is 32.7 Å². The SMILES string of the molecule is CCc1nc(-c2ccc(C(F)(F)F)cc2)oc1COc1ccc2c(ccn2CC(=O)O)c1. The van der Waals surface area contributed by atoms with Gasteiger partial charge in [-0.15, -0.1) is 0 Å². The molecule has 166 valence electrons. The summed E-state index contributed by atoms with van der Waals surface area (Å²) in [5, 5.41) is 9.82. The molecule has 0 spiro atoms. The van der Waals surface area contributed by atoms with Gasteiger partial charge in [0, 0.05) is 22.7 Å². The van der Waals surface area contributed by atoms with E-state index in [0.717, 1.165) is 23.0 Å². The molecule has 0 radical (unpaired) electrons. The summed E-state index contributed by atoms with van der Waals surface area (Å²) in [6, 6.07) is 11.8. The molecule has 0 saturated heterocycles. The summed E-state index contributed by atoms with van der Waals surface area (Å²) >= 11 is 0. The maximum absolute atomic E-state index is 12.8. The molecule has 1 N–H and O–H groups in total. The first-order valence-corrected chi connectivity index (χ1v) is 9.84. The predicted molar refractivity (Wildman–Crippen MR) is 110 cm³/mol. The summed E-state index contributed by atoms with van der Waals surface area (Å²) in [6.07, 6.45) is -2.14. The number of hydrogen-bond donors (Lipinski definition) is 1. The maximum atomic E-state index is 12.8. The molecule has 0 aliphatic rings. The van der Waals surface area contributed by atoms with E-state index < -0.39 is 17.7 Å². The van der Waals surface area contributed by atoms with Crippen molar-refractivity contribution in [3.8, 4) is 17.2 Å². The van der Waals surface area contributed by atoms with Crippen LogP contribution >= 0.6 is 0 Å². The molecule has 4 aromatic rings. The molecule has 0 aliphatic heterocycles. The number of ether oxygens (including phenoxy) is 1. The Labute approximate surface area is 180 Å².